The predicted molar refractivity (Wildman–Crippen MR) is 77.7 cm³/mol. The van der Waals surface area contributed by atoms with Gasteiger partial charge in [0, 0.05) is 25.0 Å². The fraction of sp³-hybridized carbons (Fsp3) is 0.643. The molecule has 1 aromatic heterocycles. The van der Waals surface area contributed by atoms with Crippen molar-refractivity contribution in [1.82, 2.24) is 9.29 Å². The number of piperidine rings is 1. The fourth-order valence-electron chi connectivity index (χ4n) is 2.65. The van der Waals surface area contributed by atoms with Gasteiger partial charge in [-0.1, -0.05) is 6.07 Å². The number of aromatic nitrogens is 1. The third kappa shape index (κ3) is 4.01. The van der Waals surface area contributed by atoms with E-state index in [2.05, 4.69) is 4.98 Å². The van der Waals surface area contributed by atoms with Gasteiger partial charge in [-0.05, 0) is 43.7 Å². The highest BCUT2D eigenvalue weighted by Crippen LogP contribution is 2.28. The highest BCUT2D eigenvalue weighted by atomic mass is 32.2. The summed E-state index contributed by atoms with van der Waals surface area (Å²) in [5, 5.41) is 10.2. The van der Waals surface area contributed by atoms with Crippen LogP contribution in [0.2, 0.25) is 0 Å². The minimum atomic E-state index is -3.13. The lowest BCUT2D eigenvalue weighted by molar-refractivity contribution is 0.122. The summed E-state index contributed by atoms with van der Waals surface area (Å²) in [5.41, 5.74) is 1.72. The van der Waals surface area contributed by atoms with Crippen LogP contribution < -0.4 is 0 Å². The molecule has 1 saturated heterocycles. The summed E-state index contributed by atoms with van der Waals surface area (Å²) in [6, 6.07) is 3.76. The first-order valence-electron chi connectivity index (χ1n) is 6.92. The van der Waals surface area contributed by atoms with E-state index in [4.69, 9.17) is 0 Å². The largest absolute Gasteiger partial charge is 0.388 e. The van der Waals surface area contributed by atoms with Crippen LogP contribution in [0, 0.1) is 12.8 Å². The van der Waals surface area contributed by atoms with Gasteiger partial charge in [0.1, 0.15) is 0 Å². The summed E-state index contributed by atoms with van der Waals surface area (Å²) in [7, 11) is -3.13. The molecule has 1 aliphatic heterocycles. The third-order valence-corrected chi connectivity index (χ3v) is 5.10. The smallest absolute Gasteiger partial charge is 0.211 e. The van der Waals surface area contributed by atoms with Gasteiger partial charge in [-0.2, -0.15) is 0 Å². The number of pyridine rings is 1. The summed E-state index contributed by atoms with van der Waals surface area (Å²) < 4.78 is 24.7. The molecule has 1 fully saturated rings. The molecule has 2 rings (SSSR count). The molecule has 0 radical (unpaired) electrons. The molecular formula is C14H22N2O3S. The molecule has 1 N–H and O–H groups in total. The number of hydrogen-bond acceptors (Lipinski definition) is 4. The second-order valence-corrected chi connectivity index (χ2v) is 7.60. The number of aliphatic hydroxyl groups excluding tert-OH is 1. The molecule has 20 heavy (non-hydrogen) atoms. The van der Waals surface area contributed by atoms with Gasteiger partial charge in [-0.3, -0.25) is 4.98 Å². The second-order valence-electron chi connectivity index (χ2n) is 5.61. The number of rotatable bonds is 4. The Labute approximate surface area is 120 Å². The van der Waals surface area contributed by atoms with Crippen molar-refractivity contribution in [2.75, 3.05) is 19.3 Å². The lowest BCUT2D eigenvalue weighted by Gasteiger charge is -2.32. The Bertz CT molecular complexity index is 542. The topological polar surface area (TPSA) is 70.5 Å². The van der Waals surface area contributed by atoms with E-state index in [1.165, 1.54) is 10.6 Å². The first-order valence-corrected chi connectivity index (χ1v) is 8.77. The number of nitrogens with zero attached hydrogens (tertiary/aromatic N) is 2. The van der Waals surface area contributed by atoms with Crippen LogP contribution in [0.3, 0.4) is 0 Å². The molecular weight excluding hydrogens is 276 g/mol. The van der Waals surface area contributed by atoms with E-state index in [1.54, 1.807) is 6.20 Å². The van der Waals surface area contributed by atoms with Gasteiger partial charge in [-0.15, -0.1) is 0 Å². The summed E-state index contributed by atoms with van der Waals surface area (Å²) >= 11 is 0. The molecule has 6 heteroatoms. The predicted octanol–water partition coefficient (Wildman–Crippen LogP) is 1.49. The van der Waals surface area contributed by atoms with Crippen molar-refractivity contribution in [2.24, 2.45) is 5.92 Å². The quantitative estimate of drug-likeness (QED) is 0.914. The van der Waals surface area contributed by atoms with Crippen LogP contribution in [-0.4, -0.2) is 42.2 Å². The summed E-state index contributed by atoms with van der Waals surface area (Å²) in [6.07, 6.45) is 4.76. The molecule has 1 aliphatic rings. The number of hydrogen-bond donors (Lipinski definition) is 1. The third-order valence-electron chi connectivity index (χ3n) is 3.83. The molecule has 2 atom stereocenters. The van der Waals surface area contributed by atoms with Gasteiger partial charge in [0.15, 0.2) is 0 Å². The van der Waals surface area contributed by atoms with E-state index < -0.39 is 16.1 Å². The lowest BCUT2D eigenvalue weighted by Crippen LogP contribution is -2.39. The van der Waals surface area contributed by atoms with E-state index >= 15 is 0 Å². The molecule has 0 saturated carbocycles. The summed E-state index contributed by atoms with van der Waals surface area (Å²) in [6.45, 7) is 3.01. The Morgan fingerprint density at radius 2 is 2.25 bits per heavy atom. The van der Waals surface area contributed by atoms with Crippen LogP contribution >= 0.6 is 0 Å². The second kappa shape index (κ2) is 6.20. The van der Waals surface area contributed by atoms with Gasteiger partial charge >= 0.3 is 0 Å². The molecule has 2 unspecified atom stereocenters. The molecule has 0 spiro atoms. The van der Waals surface area contributed by atoms with Crippen molar-refractivity contribution >= 4 is 10.0 Å². The molecule has 2 heterocycles. The van der Waals surface area contributed by atoms with E-state index in [1.807, 2.05) is 19.1 Å². The first-order chi connectivity index (χ1) is 9.36. The minimum absolute atomic E-state index is 0.203. The maximum absolute atomic E-state index is 11.6. The van der Waals surface area contributed by atoms with E-state index in [0.29, 0.717) is 19.5 Å². The first kappa shape index (κ1) is 15.4. The zero-order valence-electron chi connectivity index (χ0n) is 12.0. The van der Waals surface area contributed by atoms with Crippen LogP contribution in [-0.2, 0) is 10.0 Å². The van der Waals surface area contributed by atoms with Crippen LogP contribution in [0.25, 0.3) is 0 Å². The van der Waals surface area contributed by atoms with Crippen LogP contribution in [0.5, 0.6) is 0 Å². The normalized spacial score (nSPS) is 22.6. The standard InChI is InChI=1S/C14H22N2O3S/c1-11-5-6-13(9-15-11)14(17)8-12-4-3-7-16(10-12)20(2,18)19/h5-6,9,12,14,17H,3-4,7-8,10H2,1-2H3. The Kier molecular flexibility index (Phi) is 4.78. The highest BCUT2D eigenvalue weighted by Gasteiger charge is 2.27. The van der Waals surface area contributed by atoms with Crippen LogP contribution in [0.1, 0.15) is 36.6 Å². The van der Waals surface area contributed by atoms with Gasteiger partial charge in [0.05, 0.1) is 12.4 Å². The molecule has 0 aromatic carbocycles. The average Bonchev–Trinajstić information content (AvgIpc) is 2.38. The molecule has 112 valence electrons. The van der Waals surface area contributed by atoms with Crippen molar-refractivity contribution in [2.45, 2.75) is 32.3 Å². The minimum Gasteiger partial charge on any atom is -0.388 e. The van der Waals surface area contributed by atoms with Crippen molar-refractivity contribution in [3.8, 4) is 0 Å². The van der Waals surface area contributed by atoms with E-state index in [9.17, 15) is 13.5 Å². The Hall–Kier alpha value is -0.980. The van der Waals surface area contributed by atoms with Crippen LogP contribution in [0.15, 0.2) is 18.3 Å². The molecule has 0 bridgehead atoms. The van der Waals surface area contributed by atoms with Gasteiger partial charge in [0.2, 0.25) is 10.0 Å². The number of aryl methyl sites for hydroxylation is 1. The number of sulfonamides is 1. The monoisotopic (exact) mass is 298 g/mol. The van der Waals surface area contributed by atoms with Gasteiger partial charge < -0.3 is 5.11 Å². The van der Waals surface area contributed by atoms with E-state index in [0.717, 1.165) is 24.1 Å². The molecule has 5 nitrogen and oxygen atoms in total. The molecule has 0 amide bonds. The number of aliphatic hydroxyl groups is 1. The van der Waals surface area contributed by atoms with Crippen molar-refractivity contribution in [1.29, 1.82) is 0 Å². The maximum atomic E-state index is 11.6. The van der Waals surface area contributed by atoms with E-state index in [-0.39, 0.29) is 5.92 Å². The lowest BCUT2D eigenvalue weighted by atomic mass is 9.91. The van der Waals surface area contributed by atoms with Crippen LogP contribution in [0.4, 0.5) is 0 Å². The zero-order chi connectivity index (χ0) is 14.8. The average molecular weight is 298 g/mol. The zero-order valence-corrected chi connectivity index (χ0v) is 12.8. The summed E-state index contributed by atoms with van der Waals surface area (Å²) in [4.78, 5) is 4.18. The maximum Gasteiger partial charge on any atom is 0.211 e. The Balaban J connectivity index is 1.97. The van der Waals surface area contributed by atoms with Gasteiger partial charge in [-0.25, -0.2) is 12.7 Å². The van der Waals surface area contributed by atoms with Crippen molar-refractivity contribution < 1.29 is 13.5 Å². The van der Waals surface area contributed by atoms with Gasteiger partial charge in [0.25, 0.3) is 0 Å². The Morgan fingerprint density at radius 1 is 1.50 bits per heavy atom. The van der Waals surface area contributed by atoms with Crippen molar-refractivity contribution in [3.63, 3.8) is 0 Å². The summed E-state index contributed by atoms with van der Waals surface area (Å²) in [5.74, 6) is 0.203. The Morgan fingerprint density at radius 3 is 2.85 bits per heavy atom. The highest BCUT2D eigenvalue weighted by molar-refractivity contribution is 7.88. The SMILES string of the molecule is Cc1ccc(C(O)CC2CCCN(S(C)(=O)=O)C2)cn1. The molecule has 0 aliphatic carbocycles. The molecule has 1 aromatic rings. The van der Waals surface area contributed by atoms with Crippen molar-refractivity contribution in [3.05, 3.63) is 29.6 Å². The fourth-order valence-corrected chi connectivity index (χ4v) is 3.59.